The van der Waals surface area contributed by atoms with Crippen LogP contribution >= 0.6 is 0 Å². The Morgan fingerprint density at radius 3 is 2.27 bits per heavy atom. The molecule has 0 heterocycles. The van der Waals surface area contributed by atoms with Crippen molar-refractivity contribution in [3.8, 4) is 0 Å². The first-order valence-electron chi connectivity index (χ1n) is 6.87. The highest BCUT2D eigenvalue weighted by Crippen LogP contribution is 1.92. The number of hydrogen-bond acceptors (Lipinski definition) is 5. The lowest BCUT2D eigenvalue weighted by Gasteiger charge is -2.10. The highest BCUT2D eigenvalue weighted by molar-refractivity contribution is 7.89. The Balaban J connectivity index is 3.94. The van der Waals surface area contributed by atoms with Gasteiger partial charge >= 0.3 is 5.97 Å². The molecule has 0 aliphatic rings. The molecular formula is C12H23N3O6S. The summed E-state index contributed by atoms with van der Waals surface area (Å²) in [6.45, 7) is 3.30. The summed E-state index contributed by atoms with van der Waals surface area (Å²) in [5, 5.41) is 13.4. The molecule has 2 amide bonds. The quantitative estimate of drug-likeness (QED) is 0.349. The molecule has 0 aromatic carbocycles. The van der Waals surface area contributed by atoms with Crippen molar-refractivity contribution in [3.63, 3.8) is 0 Å². The minimum Gasteiger partial charge on any atom is -0.481 e. The van der Waals surface area contributed by atoms with Crippen LogP contribution in [0, 0.1) is 0 Å². The summed E-state index contributed by atoms with van der Waals surface area (Å²) in [5.41, 5.74) is 0. The second kappa shape index (κ2) is 10.1. The average molecular weight is 337 g/mol. The highest BCUT2D eigenvalue weighted by atomic mass is 32.2. The van der Waals surface area contributed by atoms with E-state index in [0.717, 1.165) is 0 Å². The molecule has 0 spiro atoms. The van der Waals surface area contributed by atoms with Gasteiger partial charge in [0.15, 0.2) is 0 Å². The van der Waals surface area contributed by atoms with Crippen LogP contribution in [-0.2, 0) is 24.4 Å². The first-order valence-corrected chi connectivity index (χ1v) is 8.53. The standard InChI is InChI=1S/C12H23N3O6S/c1-9(2)15-11(17)8-14-22(20,21)7-5-10(16)13-6-3-4-12(18)19/h9,14H,3-8H2,1-2H3,(H,13,16)(H,15,17)(H,18,19). The number of carboxylic acids is 1. The number of rotatable bonds is 11. The molecule has 22 heavy (non-hydrogen) atoms. The van der Waals surface area contributed by atoms with E-state index in [0.29, 0.717) is 0 Å². The maximum absolute atomic E-state index is 11.6. The fraction of sp³-hybridized carbons (Fsp3) is 0.750. The largest absolute Gasteiger partial charge is 0.481 e. The third kappa shape index (κ3) is 12.1. The number of sulfonamides is 1. The van der Waals surface area contributed by atoms with Gasteiger partial charge in [-0.3, -0.25) is 14.4 Å². The Morgan fingerprint density at radius 1 is 1.09 bits per heavy atom. The monoisotopic (exact) mass is 337 g/mol. The number of nitrogens with one attached hydrogen (secondary N) is 3. The van der Waals surface area contributed by atoms with Crippen LogP contribution in [0.4, 0.5) is 0 Å². The van der Waals surface area contributed by atoms with Crippen LogP contribution in [0.2, 0.25) is 0 Å². The van der Waals surface area contributed by atoms with Crippen LogP contribution in [0.15, 0.2) is 0 Å². The topological polar surface area (TPSA) is 142 Å². The second-order valence-corrected chi connectivity index (χ2v) is 6.89. The molecule has 0 unspecified atom stereocenters. The average Bonchev–Trinajstić information content (AvgIpc) is 2.38. The van der Waals surface area contributed by atoms with Gasteiger partial charge in [-0.15, -0.1) is 0 Å². The van der Waals surface area contributed by atoms with Crippen LogP contribution < -0.4 is 15.4 Å². The first kappa shape index (κ1) is 20.3. The van der Waals surface area contributed by atoms with E-state index in [1.54, 1.807) is 13.8 Å². The zero-order chi connectivity index (χ0) is 17.2. The van der Waals surface area contributed by atoms with E-state index in [4.69, 9.17) is 5.11 Å². The van der Waals surface area contributed by atoms with Gasteiger partial charge in [0.1, 0.15) is 0 Å². The smallest absolute Gasteiger partial charge is 0.303 e. The van der Waals surface area contributed by atoms with Gasteiger partial charge in [0, 0.05) is 25.4 Å². The van der Waals surface area contributed by atoms with Crippen LogP contribution in [0.5, 0.6) is 0 Å². The molecule has 0 rings (SSSR count). The molecule has 4 N–H and O–H groups in total. The molecule has 0 saturated heterocycles. The summed E-state index contributed by atoms with van der Waals surface area (Å²) >= 11 is 0. The number of aliphatic carboxylic acids is 1. The van der Waals surface area contributed by atoms with E-state index in [1.807, 2.05) is 0 Å². The van der Waals surface area contributed by atoms with E-state index in [-0.39, 0.29) is 38.4 Å². The number of hydrogen-bond donors (Lipinski definition) is 4. The van der Waals surface area contributed by atoms with E-state index >= 15 is 0 Å². The molecule has 10 heteroatoms. The summed E-state index contributed by atoms with van der Waals surface area (Å²) in [7, 11) is -3.72. The Morgan fingerprint density at radius 2 is 1.73 bits per heavy atom. The Bertz CT molecular complexity index is 489. The molecular weight excluding hydrogens is 314 g/mol. The molecule has 0 aromatic rings. The number of carbonyl (C=O) groups excluding carboxylic acids is 2. The van der Waals surface area contributed by atoms with Crippen LogP contribution in [0.3, 0.4) is 0 Å². The van der Waals surface area contributed by atoms with Crippen molar-refractivity contribution in [2.75, 3.05) is 18.8 Å². The van der Waals surface area contributed by atoms with Gasteiger partial charge in [0.05, 0.1) is 12.3 Å². The van der Waals surface area contributed by atoms with E-state index in [9.17, 15) is 22.8 Å². The van der Waals surface area contributed by atoms with E-state index < -0.39 is 33.6 Å². The maximum Gasteiger partial charge on any atom is 0.303 e. The van der Waals surface area contributed by atoms with Crippen molar-refractivity contribution < 1.29 is 27.9 Å². The predicted octanol–water partition coefficient (Wildman–Crippen LogP) is -1.20. The number of amides is 2. The van der Waals surface area contributed by atoms with Gasteiger partial charge in [-0.2, -0.15) is 0 Å². The SMILES string of the molecule is CC(C)NC(=O)CNS(=O)(=O)CCC(=O)NCCCC(=O)O. The van der Waals surface area contributed by atoms with Gasteiger partial charge in [-0.25, -0.2) is 13.1 Å². The van der Waals surface area contributed by atoms with Gasteiger partial charge in [-0.1, -0.05) is 0 Å². The van der Waals surface area contributed by atoms with Crippen LogP contribution in [-0.4, -0.2) is 56.2 Å². The highest BCUT2D eigenvalue weighted by Gasteiger charge is 2.15. The lowest BCUT2D eigenvalue weighted by Crippen LogP contribution is -2.41. The minimum atomic E-state index is -3.72. The molecule has 128 valence electrons. The van der Waals surface area contributed by atoms with Gasteiger partial charge in [0.25, 0.3) is 0 Å². The summed E-state index contributed by atoms with van der Waals surface area (Å²) in [5.74, 6) is -2.33. The Kier molecular flexibility index (Phi) is 9.34. The lowest BCUT2D eigenvalue weighted by molar-refractivity contribution is -0.137. The molecule has 9 nitrogen and oxygen atoms in total. The molecule has 0 atom stereocenters. The molecule has 0 bridgehead atoms. The fourth-order valence-corrected chi connectivity index (χ4v) is 2.35. The molecule has 0 aliphatic heterocycles. The van der Waals surface area contributed by atoms with Crippen molar-refractivity contribution in [2.24, 2.45) is 0 Å². The summed E-state index contributed by atoms with van der Waals surface area (Å²) < 4.78 is 25.3. The number of carboxylic acid groups (broad SMARTS) is 1. The summed E-state index contributed by atoms with van der Waals surface area (Å²) in [6, 6.07) is -0.0893. The third-order valence-corrected chi connectivity index (χ3v) is 3.72. The van der Waals surface area contributed by atoms with Gasteiger partial charge in [-0.05, 0) is 20.3 Å². The molecule has 0 fully saturated rings. The zero-order valence-electron chi connectivity index (χ0n) is 12.7. The lowest BCUT2D eigenvalue weighted by atomic mass is 10.3. The van der Waals surface area contributed by atoms with Crippen molar-refractivity contribution in [1.29, 1.82) is 0 Å². The summed E-state index contributed by atoms with van der Waals surface area (Å²) in [6.07, 6.45) is -0.0409. The fourth-order valence-electron chi connectivity index (χ4n) is 1.40. The van der Waals surface area contributed by atoms with Crippen molar-refractivity contribution in [3.05, 3.63) is 0 Å². The number of carbonyl (C=O) groups is 3. The third-order valence-electron chi connectivity index (χ3n) is 2.39. The van der Waals surface area contributed by atoms with Gasteiger partial charge < -0.3 is 15.7 Å². The Labute approximate surface area is 129 Å². The van der Waals surface area contributed by atoms with Crippen LogP contribution in [0.1, 0.15) is 33.1 Å². The van der Waals surface area contributed by atoms with Crippen molar-refractivity contribution in [1.82, 2.24) is 15.4 Å². The van der Waals surface area contributed by atoms with Gasteiger partial charge in [0.2, 0.25) is 21.8 Å². The maximum atomic E-state index is 11.6. The first-order chi connectivity index (χ1) is 10.1. The second-order valence-electron chi connectivity index (χ2n) is 4.96. The molecule has 0 saturated carbocycles. The molecule has 0 radical (unpaired) electrons. The van der Waals surface area contributed by atoms with Crippen molar-refractivity contribution in [2.45, 2.75) is 39.2 Å². The molecule has 0 aromatic heterocycles. The Hall–Kier alpha value is -1.68. The normalized spacial score (nSPS) is 11.2. The minimum absolute atomic E-state index is 0.0644. The zero-order valence-corrected chi connectivity index (χ0v) is 13.5. The summed E-state index contributed by atoms with van der Waals surface area (Å²) in [4.78, 5) is 33.0. The molecule has 0 aliphatic carbocycles. The predicted molar refractivity (Wildman–Crippen MR) is 79.6 cm³/mol. The van der Waals surface area contributed by atoms with Crippen molar-refractivity contribution >= 4 is 27.8 Å². The van der Waals surface area contributed by atoms with E-state index in [1.165, 1.54) is 0 Å². The van der Waals surface area contributed by atoms with E-state index in [2.05, 4.69) is 15.4 Å². The van der Waals surface area contributed by atoms with Crippen LogP contribution in [0.25, 0.3) is 0 Å².